The number of hydrogen-bond acceptors (Lipinski definition) is 9. The molecule has 2 aromatic heterocycles. The van der Waals surface area contributed by atoms with Gasteiger partial charge in [0.05, 0.1) is 18.3 Å². The first-order chi connectivity index (χ1) is 20.3. The molecule has 0 fully saturated rings. The van der Waals surface area contributed by atoms with Crippen LogP contribution in [-0.2, 0) is 19.1 Å². The molecular formula is C32H35ClN2O7S. The Morgan fingerprint density at radius 1 is 1.00 bits per heavy atom. The third-order valence-corrected chi connectivity index (χ3v) is 7.78. The summed E-state index contributed by atoms with van der Waals surface area (Å²) < 4.78 is 24.3. The van der Waals surface area contributed by atoms with Gasteiger partial charge in [-0.15, -0.1) is 11.3 Å². The van der Waals surface area contributed by atoms with Crippen LogP contribution in [0.4, 0.5) is 0 Å². The first kappa shape index (κ1) is 32.0. The van der Waals surface area contributed by atoms with Gasteiger partial charge in [-0.3, -0.25) is 19.0 Å². The molecule has 2 heterocycles. The smallest absolute Gasteiger partial charge is 0.321 e. The number of hydrogen-bond donors (Lipinski definition) is 0. The fraction of sp³-hybridized carbons (Fsp3) is 0.375. The SMILES string of the molecule is COc1cc(-n2cnc3cc(-c4ccc(Cl)cc4)sc3c2=O)ccc1OCC(C)OC(=O)[C@@H](C(=O)OC(C)(C)C)C(C)C. The third-order valence-electron chi connectivity index (χ3n) is 6.36. The second kappa shape index (κ2) is 13.2. The number of aromatic nitrogens is 2. The minimum absolute atomic E-state index is 0.0106. The van der Waals surface area contributed by atoms with Gasteiger partial charge in [0.2, 0.25) is 0 Å². The Morgan fingerprint density at radius 2 is 1.70 bits per heavy atom. The zero-order valence-corrected chi connectivity index (χ0v) is 26.7. The number of benzene rings is 2. The molecule has 228 valence electrons. The van der Waals surface area contributed by atoms with Crippen molar-refractivity contribution in [2.75, 3.05) is 13.7 Å². The maximum Gasteiger partial charge on any atom is 0.321 e. The predicted molar refractivity (Wildman–Crippen MR) is 167 cm³/mol. The van der Waals surface area contributed by atoms with E-state index in [1.807, 2.05) is 18.2 Å². The summed E-state index contributed by atoms with van der Waals surface area (Å²) in [5.41, 5.74) is 1.17. The summed E-state index contributed by atoms with van der Waals surface area (Å²) in [5.74, 6) is -1.87. The molecule has 43 heavy (non-hydrogen) atoms. The number of esters is 2. The summed E-state index contributed by atoms with van der Waals surface area (Å²) >= 11 is 7.38. The van der Waals surface area contributed by atoms with Crippen molar-refractivity contribution in [2.24, 2.45) is 11.8 Å². The van der Waals surface area contributed by atoms with Crippen molar-refractivity contribution < 1.29 is 28.5 Å². The molecule has 0 aliphatic rings. The molecule has 0 aliphatic carbocycles. The third kappa shape index (κ3) is 7.74. The van der Waals surface area contributed by atoms with Crippen LogP contribution in [0.1, 0.15) is 41.5 Å². The quantitative estimate of drug-likeness (QED) is 0.141. The second-order valence-corrected chi connectivity index (χ2v) is 12.9. The molecule has 0 N–H and O–H groups in total. The second-order valence-electron chi connectivity index (χ2n) is 11.4. The molecule has 1 unspecified atom stereocenters. The fourth-order valence-electron chi connectivity index (χ4n) is 4.30. The van der Waals surface area contributed by atoms with E-state index in [2.05, 4.69) is 4.98 Å². The van der Waals surface area contributed by atoms with E-state index in [9.17, 15) is 14.4 Å². The number of methoxy groups -OCH3 is 1. The van der Waals surface area contributed by atoms with Crippen molar-refractivity contribution in [3.8, 4) is 27.6 Å². The Morgan fingerprint density at radius 3 is 2.33 bits per heavy atom. The summed E-state index contributed by atoms with van der Waals surface area (Å²) in [4.78, 5) is 44.3. The van der Waals surface area contributed by atoms with Crippen LogP contribution in [0.3, 0.4) is 0 Å². The number of nitrogens with zero attached hydrogens (tertiary/aromatic N) is 2. The van der Waals surface area contributed by atoms with Crippen molar-refractivity contribution in [2.45, 2.75) is 53.2 Å². The minimum atomic E-state index is -1.05. The maximum absolute atomic E-state index is 13.4. The monoisotopic (exact) mass is 626 g/mol. The van der Waals surface area contributed by atoms with Crippen LogP contribution in [0.2, 0.25) is 5.02 Å². The molecule has 4 rings (SSSR count). The number of fused-ring (bicyclic) bond motifs is 1. The average molecular weight is 627 g/mol. The number of rotatable bonds is 10. The summed E-state index contributed by atoms with van der Waals surface area (Å²) in [6, 6.07) is 14.4. The Labute approximate surface area is 259 Å². The highest BCUT2D eigenvalue weighted by Gasteiger charge is 2.36. The van der Waals surface area contributed by atoms with Crippen molar-refractivity contribution in [3.63, 3.8) is 0 Å². The van der Waals surface area contributed by atoms with Crippen molar-refractivity contribution >= 4 is 45.1 Å². The molecule has 0 aliphatic heterocycles. The summed E-state index contributed by atoms with van der Waals surface area (Å²) in [7, 11) is 1.49. The number of thiophene rings is 1. The highest BCUT2D eigenvalue weighted by Crippen LogP contribution is 2.33. The standard InChI is InChI=1S/C32H35ClN2O7S/c1-18(2)27(31(38)42-32(4,5)6)30(37)41-19(3)16-40-24-13-12-22(14-25(24)39-7)35-17-34-23-15-26(43-28(23)29(35)36)20-8-10-21(33)11-9-20/h8-15,17-19,27H,16H2,1-7H3/t19?,27-/m0/s1. The number of carbonyl (C=O) groups is 2. The van der Waals surface area contributed by atoms with Gasteiger partial charge >= 0.3 is 11.9 Å². The molecule has 0 amide bonds. The van der Waals surface area contributed by atoms with Gasteiger partial charge in [-0.2, -0.15) is 0 Å². The van der Waals surface area contributed by atoms with Gasteiger partial charge in [-0.1, -0.05) is 37.6 Å². The molecule has 2 aromatic carbocycles. The molecule has 0 saturated carbocycles. The maximum atomic E-state index is 13.4. The number of carbonyl (C=O) groups excluding carboxylic acids is 2. The number of ether oxygens (including phenoxy) is 4. The lowest BCUT2D eigenvalue weighted by molar-refractivity contribution is -0.174. The lowest BCUT2D eigenvalue weighted by Crippen LogP contribution is -2.38. The van der Waals surface area contributed by atoms with Gasteiger partial charge in [0.15, 0.2) is 17.4 Å². The van der Waals surface area contributed by atoms with E-state index in [-0.39, 0.29) is 18.1 Å². The summed E-state index contributed by atoms with van der Waals surface area (Å²) in [6.07, 6.45) is 0.818. The largest absolute Gasteiger partial charge is 0.493 e. The van der Waals surface area contributed by atoms with Crippen LogP contribution >= 0.6 is 22.9 Å². The fourth-order valence-corrected chi connectivity index (χ4v) is 5.47. The average Bonchev–Trinajstić information content (AvgIpc) is 3.36. The molecule has 4 aromatic rings. The number of halogens is 1. The van der Waals surface area contributed by atoms with Gasteiger partial charge in [-0.05, 0) is 69.5 Å². The van der Waals surface area contributed by atoms with E-state index in [0.717, 1.165) is 10.4 Å². The van der Waals surface area contributed by atoms with Crippen molar-refractivity contribution in [1.29, 1.82) is 0 Å². The first-order valence-corrected chi connectivity index (χ1v) is 15.0. The molecular weight excluding hydrogens is 592 g/mol. The van der Waals surface area contributed by atoms with Crippen LogP contribution < -0.4 is 15.0 Å². The van der Waals surface area contributed by atoms with Gasteiger partial charge in [0.25, 0.3) is 5.56 Å². The Bertz CT molecular complexity index is 1670. The Balaban J connectivity index is 1.47. The normalized spacial score (nSPS) is 13.0. The predicted octanol–water partition coefficient (Wildman–Crippen LogP) is 6.70. The van der Waals surface area contributed by atoms with Gasteiger partial charge in [0.1, 0.15) is 29.3 Å². The molecule has 0 spiro atoms. The van der Waals surface area contributed by atoms with Gasteiger partial charge in [0, 0.05) is 16.0 Å². The highest BCUT2D eigenvalue weighted by atomic mass is 35.5. The van der Waals surface area contributed by atoms with E-state index in [4.69, 9.17) is 30.5 Å². The van der Waals surface area contributed by atoms with Crippen LogP contribution in [0.5, 0.6) is 11.5 Å². The molecule has 9 nitrogen and oxygen atoms in total. The van der Waals surface area contributed by atoms with Crippen LogP contribution in [-0.4, -0.2) is 46.9 Å². The molecule has 2 atom stereocenters. The van der Waals surface area contributed by atoms with Gasteiger partial charge in [-0.25, -0.2) is 4.98 Å². The van der Waals surface area contributed by atoms with E-state index >= 15 is 0 Å². The summed E-state index contributed by atoms with van der Waals surface area (Å²) in [6.45, 7) is 10.4. The van der Waals surface area contributed by atoms with E-state index < -0.39 is 29.6 Å². The summed E-state index contributed by atoms with van der Waals surface area (Å²) in [5, 5.41) is 0.639. The molecule has 0 bridgehead atoms. The van der Waals surface area contributed by atoms with Crippen molar-refractivity contribution in [3.05, 3.63) is 70.2 Å². The van der Waals surface area contributed by atoms with Gasteiger partial charge < -0.3 is 18.9 Å². The van der Waals surface area contributed by atoms with Crippen LogP contribution in [0.15, 0.2) is 59.7 Å². The van der Waals surface area contributed by atoms with E-state index in [1.165, 1.54) is 29.3 Å². The zero-order chi connectivity index (χ0) is 31.5. The topological polar surface area (TPSA) is 106 Å². The van der Waals surface area contributed by atoms with Crippen molar-refractivity contribution in [1.82, 2.24) is 9.55 Å². The minimum Gasteiger partial charge on any atom is -0.493 e. The molecule has 0 radical (unpaired) electrons. The first-order valence-electron chi connectivity index (χ1n) is 13.8. The zero-order valence-electron chi connectivity index (χ0n) is 25.2. The Kier molecular flexibility index (Phi) is 9.82. The Hall–Kier alpha value is -3.89. The lowest BCUT2D eigenvalue weighted by atomic mass is 9.96. The van der Waals surface area contributed by atoms with Crippen LogP contribution in [0.25, 0.3) is 26.3 Å². The van der Waals surface area contributed by atoms with Crippen LogP contribution in [0, 0.1) is 11.8 Å². The molecule has 11 heteroatoms. The van der Waals surface area contributed by atoms with E-state index in [0.29, 0.717) is 32.4 Å². The lowest BCUT2D eigenvalue weighted by Gasteiger charge is -2.26. The van der Waals surface area contributed by atoms with E-state index in [1.54, 1.807) is 71.9 Å². The molecule has 0 saturated heterocycles. The highest BCUT2D eigenvalue weighted by molar-refractivity contribution is 7.22.